The molecule has 0 spiro atoms. The highest BCUT2D eigenvalue weighted by Crippen LogP contribution is 2.26. The van der Waals surface area contributed by atoms with E-state index in [4.69, 9.17) is 4.74 Å². The Hall–Kier alpha value is -1.73. The van der Waals surface area contributed by atoms with Crippen molar-refractivity contribution in [1.29, 1.82) is 0 Å². The number of benzene rings is 2. The molecule has 2 aromatic rings. The molecule has 0 aliphatic heterocycles. The van der Waals surface area contributed by atoms with Crippen molar-refractivity contribution >= 4 is 43.5 Å². The van der Waals surface area contributed by atoms with Crippen LogP contribution in [0.1, 0.15) is 15.9 Å². The monoisotopic (exact) mass is 413 g/mol. The van der Waals surface area contributed by atoms with Crippen molar-refractivity contribution < 1.29 is 14.5 Å². The number of esters is 1. The number of hydrogen-bond donors (Lipinski definition) is 0. The minimum atomic E-state index is -0.610. The van der Waals surface area contributed by atoms with Crippen LogP contribution in [0.15, 0.2) is 51.4 Å². The van der Waals surface area contributed by atoms with Crippen molar-refractivity contribution in [1.82, 2.24) is 0 Å². The van der Waals surface area contributed by atoms with E-state index in [2.05, 4.69) is 31.9 Å². The predicted octanol–water partition coefficient (Wildman–Crippen LogP) is 4.48. The average molecular weight is 415 g/mol. The van der Waals surface area contributed by atoms with E-state index in [1.54, 1.807) is 0 Å². The maximum atomic E-state index is 11.9. The summed E-state index contributed by atoms with van der Waals surface area (Å²) in [4.78, 5) is 22.2. The van der Waals surface area contributed by atoms with E-state index in [9.17, 15) is 14.9 Å². The molecule has 7 heteroatoms. The molecule has 0 radical (unpaired) electrons. The zero-order chi connectivity index (χ0) is 15.4. The lowest BCUT2D eigenvalue weighted by Gasteiger charge is -2.07. The molecule has 0 aliphatic carbocycles. The largest absolute Gasteiger partial charge is 0.457 e. The lowest BCUT2D eigenvalue weighted by molar-refractivity contribution is -0.385. The number of carbonyl (C=O) groups excluding carboxylic acids is 1. The van der Waals surface area contributed by atoms with Gasteiger partial charge in [-0.1, -0.05) is 34.1 Å². The van der Waals surface area contributed by atoms with Gasteiger partial charge in [0.1, 0.15) is 6.61 Å². The van der Waals surface area contributed by atoms with Crippen molar-refractivity contribution in [2.45, 2.75) is 6.61 Å². The molecule has 0 atom stereocenters. The summed E-state index contributed by atoms with van der Waals surface area (Å²) in [6.45, 7) is 0.0874. The van der Waals surface area contributed by atoms with E-state index >= 15 is 0 Å². The first-order chi connectivity index (χ1) is 9.99. The molecular formula is C14H9Br2NO4. The first-order valence-electron chi connectivity index (χ1n) is 5.83. The van der Waals surface area contributed by atoms with Crippen LogP contribution in [0.25, 0.3) is 0 Å². The van der Waals surface area contributed by atoms with E-state index in [1.807, 2.05) is 24.3 Å². The van der Waals surface area contributed by atoms with Crippen LogP contribution in [-0.4, -0.2) is 10.9 Å². The zero-order valence-electron chi connectivity index (χ0n) is 10.6. The highest BCUT2D eigenvalue weighted by Gasteiger charge is 2.17. The highest BCUT2D eigenvalue weighted by molar-refractivity contribution is 9.10. The van der Waals surface area contributed by atoms with Gasteiger partial charge in [-0.05, 0) is 34.1 Å². The van der Waals surface area contributed by atoms with Crippen LogP contribution in [0.4, 0.5) is 5.69 Å². The van der Waals surface area contributed by atoms with Crippen molar-refractivity contribution in [2.24, 2.45) is 0 Å². The Morgan fingerprint density at radius 3 is 2.52 bits per heavy atom. The molecule has 0 saturated heterocycles. The third-order valence-corrected chi connectivity index (χ3v) is 4.14. The van der Waals surface area contributed by atoms with Gasteiger partial charge < -0.3 is 4.74 Å². The van der Waals surface area contributed by atoms with Crippen molar-refractivity contribution in [3.8, 4) is 0 Å². The van der Waals surface area contributed by atoms with Gasteiger partial charge in [-0.3, -0.25) is 10.1 Å². The van der Waals surface area contributed by atoms with Crippen LogP contribution < -0.4 is 0 Å². The molecule has 0 fully saturated rings. The second kappa shape index (κ2) is 6.82. The highest BCUT2D eigenvalue weighted by atomic mass is 79.9. The quantitative estimate of drug-likeness (QED) is 0.420. The number of hydrogen-bond acceptors (Lipinski definition) is 4. The molecule has 0 heterocycles. The van der Waals surface area contributed by atoms with Crippen molar-refractivity contribution in [3.63, 3.8) is 0 Å². The Kier molecular flexibility index (Phi) is 5.08. The number of nitro groups is 1. The lowest BCUT2D eigenvalue weighted by atomic mass is 10.2. The third-order valence-electron chi connectivity index (χ3n) is 2.70. The van der Waals surface area contributed by atoms with Crippen molar-refractivity contribution in [3.05, 3.63) is 72.7 Å². The van der Waals surface area contributed by atoms with Gasteiger partial charge in [0.2, 0.25) is 0 Å². The first-order valence-corrected chi connectivity index (χ1v) is 7.42. The zero-order valence-corrected chi connectivity index (χ0v) is 13.8. The van der Waals surface area contributed by atoms with Gasteiger partial charge in [0.15, 0.2) is 0 Å². The summed E-state index contributed by atoms with van der Waals surface area (Å²) < 4.78 is 6.31. The van der Waals surface area contributed by atoms with Gasteiger partial charge in [-0.15, -0.1) is 0 Å². The molecule has 108 valence electrons. The molecule has 0 N–H and O–H groups in total. The Balaban J connectivity index is 2.12. The summed E-state index contributed by atoms with van der Waals surface area (Å²) in [6, 6.07) is 11.5. The Bertz CT molecular complexity index is 703. The Morgan fingerprint density at radius 2 is 1.86 bits per heavy atom. The summed E-state index contributed by atoms with van der Waals surface area (Å²) >= 11 is 6.42. The maximum Gasteiger partial charge on any atom is 0.338 e. The summed E-state index contributed by atoms with van der Waals surface area (Å²) in [5.74, 6) is -0.610. The van der Waals surface area contributed by atoms with Gasteiger partial charge in [0, 0.05) is 16.1 Å². The minimum Gasteiger partial charge on any atom is -0.457 e. The van der Waals surface area contributed by atoms with E-state index < -0.39 is 10.9 Å². The summed E-state index contributed by atoms with van der Waals surface area (Å²) in [5, 5.41) is 10.8. The smallest absolute Gasteiger partial charge is 0.338 e. The number of nitrogens with zero attached hydrogens (tertiary/aromatic N) is 1. The number of nitro benzene ring substituents is 1. The summed E-state index contributed by atoms with van der Waals surface area (Å²) in [7, 11) is 0. The van der Waals surface area contributed by atoms with E-state index in [0.29, 0.717) is 4.47 Å². The van der Waals surface area contributed by atoms with Crippen LogP contribution in [0.5, 0.6) is 0 Å². The molecule has 2 aromatic carbocycles. The molecule has 0 unspecified atom stereocenters. The Morgan fingerprint density at radius 1 is 1.14 bits per heavy atom. The maximum absolute atomic E-state index is 11.9. The van der Waals surface area contributed by atoms with E-state index in [0.717, 1.165) is 10.0 Å². The molecule has 5 nitrogen and oxygen atoms in total. The fraction of sp³-hybridized carbons (Fsp3) is 0.0714. The number of halogens is 2. The van der Waals surface area contributed by atoms with Gasteiger partial charge >= 0.3 is 5.97 Å². The number of rotatable bonds is 4. The predicted molar refractivity (Wildman–Crippen MR) is 84.1 cm³/mol. The molecule has 2 rings (SSSR count). The van der Waals surface area contributed by atoms with Crippen LogP contribution in [0, 0.1) is 10.1 Å². The minimum absolute atomic E-state index is 0.0874. The molecule has 0 aliphatic rings. The lowest BCUT2D eigenvalue weighted by Crippen LogP contribution is -2.06. The van der Waals surface area contributed by atoms with Gasteiger partial charge in [0.05, 0.1) is 15.0 Å². The fourth-order valence-corrected chi connectivity index (χ4v) is 2.41. The molecule has 0 saturated carbocycles. The standard InChI is InChI=1S/C14H9Br2NO4/c15-11-4-2-1-3-10(11)8-21-14(18)9-5-6-12(16)13(7-9)17(19)20/h1-7H,8H2. The average Bonchev–Trinajstić information content (AvgIpc) is 2.46. The number of ether oxygens (including phenoxy) is 1. The molecule has 0 amide bonds. The molecular weight excluding hydrogens is 406 g/mol. The topological polar surface area (TPSA) is 69.4 Å². The van der Waals surface area contributed by atoms with Gasteiger partial charge in [-0.25, -0.2) is 4.79 Å². The number of carbonyl (C=O) groups is 1. The Labute approximate surface area is 137 Å². The fourth-order valence-electron chi connectivity index (χ4n) is 1.62. The van der Waals surface area contributed by atoms with Crippen LogP contribution in [-0.2, 0) is 11.3 Å². The van der Waals surface area contributed by atoms with Gasteiger partial charge in [-0.2, -0.15) is 0 Å². The second-order valence-corrected chi connectivity index (χ2v) is 5.80. The van der Waals surface area contributed by atoms with Crippen molar-refractivity contribution in [2.75, 3.05) is 0 Å². The van der Waals surface area contributed by atoms with Crippen LogP contribution in [0.3, 0.4) is 0 Å². The van der Waals surface area contributed by atoms with E-state index in [-0.39, 0.29) is 17.9 Å². The van der Waals surface area contributed by atoms with E-state index in [1.165, 1.54) is 18.2 Å². The SMILES string of the molecule is O=C(OCc1ccccc1Br)c1ccc(Br)c([N+](=O)[O-])c1. The first kappa shape index (κ1) is 15.7. The third kappa shape index (κ3) is 3.89. The van der Waals surface area contributed by atoms with Crippen LogP contribution >= 0.6 is 31.9 Å². The summed E-state index contributed by atoms with van der Waals surface area (Å²) in [5.41, 5.74) is 0.778. The van der Waals surface area contributed by atoms with Crippen LogP contribution in [0.2, 0.25) is 0 Å². The normalized spacial score (nSPS) is 10.2. The second-order valence-electron chi connectivity index (χ2n) is 4.09. The molecule has 21 heavy (non-hydrogen) atoms. The molecule has 0 bridgehead atoms. The van der Waals surface area contributed by atoms with Gasteiger partial charge in [0.25, 0.3) is 5.69 Å². The molecule has 0 aromatic heterocycles. The summed E-state index contributed by atoms with van der Waals surface area (Å²) in [6.07, 6.45) is 0.